The van der Waals surface area contributed by atoms with E-state index in [9.17, 15) is 0 Å². The van der Waals surface area contributed by atoms with E-state index in [2.05, 4.69) is 289 Å². The van der Waals surface area contributed by atoms with Gasteiger partial charge >= 0.3 is 0 Å². The largest absolute Gasteiger partial charge is 0.455 e. The molecule has 75 heavy (non-hydrogen) atoms. The predicted molar refractivity (Wildman–Crippen MR) is 317 cm³/mol. The van der Waals surface area contributed by atoms with Gasteiger partial charge < -0.3 is 13.9 Å². The summed E-state index contributed by atoms with van der Waals surface area (Å²) in [5, 5.41) is 12.1. The van der Waals surface area contributed by atoms with Crippen molar-refractivity contribution in [1.82, 2.24) is 4.57 Å². The highest BCUT2D eigenvalue weighted by Crippen LogP contribution is 2.46. The molecule has 3 heteroatoms. The van der Waals surface area contributed by atoms with E-state index in [0.717, 1.165) is 83.3 Å². The third kappa shape index (κ3) is 7.12. The normalized spacial score (nSPS) is 11.7. The van der Waals surface area contributed by atoms with Crippen molar-refractivity contribution in [3.63, 3.8) is 0 Å². The van der Waals surface area contributed by atoms with Crippen LogP contribution in [0.15, 0.2) is 283 Å². The molecule has 0 amide bonds. The maximum Gasteiger partial charge on any atom is 0.143 e. The summed E-state index contributed by atoms with van der Waals surface area (Å²) >= 11 is 0. The van der Waals surface area contributed by atoms with Gasteiger partial charge in [0, 0.05) is 49.6 Å². The molecule has 0 bridgehead atoms. The minimum absolute atomic E-state index is 0.872. The molecule has 3 nitrogen and oxygen atoms in total. The lowest BCUT2D eigenvalue weighted by molar-refractivity contribution is 0.673. The van der Waals surface area contributed by atoms with Gasteiger partial charge in [-0.2, -0.15) is 0 Å². The topological polar surface area (TPSA) is 21.3 Å². The molecule has 0 atom stereocenters. The molecule has 0 spiro atoms. The number of para-hydroxylation sites is 3. The number of fused-ring (bicyclic) bond motifs is 11. The van der Waals surface area contributed by atoms with Crippen LogP contribution in [0.1, 0.15) is 0 Å². The van der Waals surface area contributed by atoms with E-state index in [1.165, 1.54) is 60.0 Å². The molecule has 0 radical (unpaired) electrons. The molecule has 15 rings (SSSR count). The molecule has 0 N–H and O–H groups in total. The van der Waals surface area contributed by atoms with Crippen LogP contribution in [0.25, 0.3) is 126 Å². The molecule has 0 aliphatic rings. The maximum absolute atomic E-state index is 6.74. The highest BCUT2D eigenvalue weighted by Gasteiger charge is 2.22. The molecular formula is C72H46N2O. The molecule has 2 aromatic heterocycles. The van der Waals surface area contributed by atoms with Crippen molar-refractivity contribution in [3.8, 4) is 50.2 Å². The summed E-state index contributed by atoms with van der Waals surface area (Å²) in [5.41, 5.74) is 17.8. The molecule has 0 saturated heterocycles. The van der Waals surface area contributed by atoms with Crippen molar-refractivity contribution in [2.75, 3.05) is 4.90 Å². The molecule has 0 fully saturated rings. The predicted octanol–water partition coefficient (Wildman–Crippen LogP) is 20.3. The average molecular weight is 955 g/mol. The second kappa shape index (κ2) is 17.4. The number of nitrogens with zero attached hydrogens (tertiary/aromatic N) is 2. The summed E-state index contributed by atoms with van der Waals surface area (Å²) in [5.74, 6) is 0. The lowest BCUT2D eigenvalue weighted by Gasteiger charge is -2.28. The first-order chi connectivity index (χ1) is 37.2. The van der Waals surface area contributed by atoms with Crippen LogP contribution < -0.4 is 4.90 Å². The van der Waals surface area contributed by atoms with Gasteiger partial charge in [0.25, 0.3) is 0 Å². The third-order valence-electron chi connectivity index (χ3n) is 15.4. The Hall–Kier alpha value is -9.96. The number of rotatable bonds is 8. The number of anilines is 3. The summed E-state index contributed by atoms with van der Waals surface area (Å²) in [4.78, 5) is 2.41. The molecule has 0 saturated carbocycles. The average Bonchev–Trinajstić information content (AvgIpc) is 4.08. The molecule has 0 aliphatic heterocycles. The van der Waals surface area contributed by atoms with E-state index in [1.807, 2.05) is 0 Å². The Morgan fingerprint density at radius 2 is 0.787 bits per heavy atom. The summed E-state index contributed by atoms with van der Waals surface area (Å²) in [6, 6.07) is 101. The Bertz CT molecular complexity index is 4660. The minimum atomic E-state index is 0.872. The fraction of sp³-hybridized carbons (Fsp3) is 0. The summed E-state index contributed by atoms with van der Waals surface area (Å²) in [7, 11) is 0. The van der Waals surface area contributed by atoms with Gasteiger partial charge in [0.2, 0.25) is 0 Å². The maximum atomic E-state index is 6.74. The van der Waals surface area contributed by atoms with Crippen molar-refractivity contribution in [2.45, 2.75) is 0 Å². The fourth-order valence-electron chi connectivity index (χ4n) is 11.8. The van der Waals surface area contributed by atoms with Crippen LogP contribution in [-0.4, -0.2) is 4.57 Å². The van der Waals surface area contributed by atoms with Gasteiger partial charge in [-0.15, -0.1) is 0 Å². The number of hydrogen-bond donors (Lipinski definition) is 0. The van der Waals surface area contributed by atoms with E-state index >= 15 is 0 Å². The summed E-state index contributed by atoms with van der Waals surface area (Å²) in [6.45, 7) is 0. The monoisotopic (exact) mass is 954 g/mol. The number of aromatic nitrogens is 1. The molecule has 0 unspecified atom stereocenters. The molecular weight excluding hydrogens is 909 g/mol. The molecule has 15 aromatic rings. The highest BCUT2D eigenvalue weighted by molar-refractivity contribution is 6.20. The second-order valence-electron chi connectivity index (χ2n) is 19.6. The van der Waals surface area contributed by atoms with Crippen molar-refractivity contribution in [3.05, 3.63) is 279 Å². The summed E-state index contributed by atoms with van der Waals surface area (Å²) < 4.78 is 9.12. The van der Waals surface area contributed by atoms with E-state index < -0.39 is 0 Å². The van der Waals surface area contributed by atoms with Gasteiger partial charge in [-0.05, 0) is 145 Å². The Balaban J connectivity index is 0.840. The van der Waals surface area contributed by atoms with Crippen LogP contribution >= 0.6 is 0 Å². The highest BCUT2D eigenvalue weighted by atomic mass is 16.3. The van der Waals surface area contributed by atoms with Crippen molar-refractivity contribution >= 4 is 93.1 Å². The number of hydrogen-bond acceptors (Lipinski definition) is 2. The van der Waals surface area contributed by atoms with Gasteiger partial charge in [-0.3, -0.25) is 0 Å². The van der Waals surface area contributed by atoms with Gasteiger partial charge in [0.05, 0.1) is 16.7 Å². The first-order valence-electron chi connectivity index (χ1n) is 25.7. The van der Waals surface area contributed by atoms with Gasteiger partial charge in [0.1, 0.15) is 11.2 Å². The summed E-state index contributed by atoms with van der Waals surface area (Å²) in [6.07, 6.45) is 0. The van der Waals surface area contributed by atoms with Crippen molar-refractivity contribution in [1.29, 1.82) is 0 Å². The van der Waals surface area contributed by atoms with Crippen LogP contribution in [0.3, 0.4) is 0 Å². The van der Waals surface area contributed by atoms with Crippen LogP contribution in [-0.2, 0) is 0 Å². The Kier molecular flexibility index (Phi) is 9.89. The van der Waals surface area contributed by atoms with E-state index in [0.29, 0.717) is 0 Å². The lowest BCUT2D eigenvalue weighted by Crippen LogP contribution is -2.11. The van der Waals surface area contributed by atoms with Crippen LogP contribution in [0.5, 0.6) is 0 Å². The van der Waals surface area contributed by atoms with Gasteiger partial charge in [-0.25, -0.2) is 0 Å². The first-order valence-corrected chi connectivity index (χ1v) is 25.7. The lowest BCUT2D eigenvalue weighted by atomic mass is 9.95. The molecule has 0 aliphatic carbocycles. The Morgan fingerprint density at radius 3 is 1.52 bits per heavy atom. The van der Waals surface area contributed by atoms with E-state index in [4.69, 9.17) is 4.42 Å². The second-order valence-corrected chi connectivity index (χ2v) is 19.6. The number of furan rings is 1. The van der Waals surface area contributed by atoms with Crippen molar-refractivity contribution < 1.29 is 4.42 Å². The van der Waals surface area contributed by atoms with E-state index in [-0.39, 0.29) is 0 Å². The standard InChI is InChI=1S/C72H46N2O/c1-3-20-59-49(14-1)30-31-55-45-54(37-42-60(55)59)52-17-11-16-51(44-52)47-32-38-56(39-33-47)73(67-26-8-7-24-64(67)65-25-13-29-70-71(65)66-43-36-50-15-2-4-21-61(50)72(66)75-70)57-40-34-48(35-41-57)53-18-12-19-58(46-53)74-68-27-9-5-22-62(68)63-23-6-10-28-69(63)74/h1-46H. The number of benzene rings is 13. The minimum Gasteiger partial charge on any atom is -0.455 e. The molecule has 350 valence electrons. The first kappa shape index (κ1) is 42.7. The van der Waals surface area contributed by atoms with Gasteiger partial charge in [0.15, 0.2) is 0 Å². The fourth-order valence-corrected chi connectivity index (χ4v) is 11.8. The Labute approximate surface area is 434 Å². The SMILES string of the molecule is c1cc(-c2ccc(N(c3ccc(-c4cccc(-n5c6ccccc6c6ccccc65)c4)cc3)c3ccccc3-c3cccc4oc5c6ccccc6ccc5c34)cc2)cc(-c2ccc3c(ccc4ccccc43)c2)c1. The smallest absolute Gasteiger partial charge is 0.143 e. The molecule has 13 aromatic carbocycles. The third-order valence-corrected chi connectivity index (χ3v) is 15.4. The van der Waals surface area contributed by atoms with Crippen LogP contribution in [0.4, 0.5) is 17.1 Å². The van der Waals surface area contributed by atoms with E-state index in [1.54, 1.807) is 0 Å². The Morgan fingerprint density at radius 1 is 0.293 bits per heavy atom. The van der Waals surface area contributed by atoms with Crippen LogP contribution in [0.2, 0.25) is 0 Å². The zero-order chi connectivity index (χ0) is 49.4. The van der Waals surface area contributed by atoms with Gasteiger partial charge in [-0.1, -0.05) is 200 Å². The van der Waals surface area contributed by atoms with Crippen LogP contribution in [0, 0.1) is 0 Å². The zero-order valence-corrected chi connectivity index (χ0v) is 40.9. The molecule has 2 heterocycles. The zero-order valence-electron chi connectivity index (χ0n) is 40.9. The van der Waals surface area contributed by atoms with Crippen molar-refractivity contribution in [2.24, 2.45) is 0 Å². The quantitative estimate of drug-likeness (QED) is 0.142.